The Hall–Kier alpha value is -1.59. The van der Waals surface area contributed by atoms with E-state index >= 15 is 0 Å². The van der Waals surface area contributed by atoms with Gasteiger partial charge in [0.25, 0.3) is 0 Å². The lowest BCUT2D eigenvalue weighted by atomic mass is 9.85. The first-order valence-corrected chi connectivity index (χ1v) is 11.0. The van der Waals surface area contributed by atoms with Gasteiger partial charge in [-0.25, -0.2) is 0 Å². The number of hydrogen-bond donors (Lipinski definition) is 2. The summed E-state index contributed by atoms with van der Waals surface area (Å²) in [7, 11) is 0. The van der Waals surface area contributed by atoms with Crippen LogP contribution in [0.4, 0.5) is 5.69 Å². The number of fused-ring (bicyclic) bond motifs is 1. The number of β-amino-alcohol motifs (C(OH)–C–C–N with tert-alkyl or cyclic N) is 1. The molecule has 0 unspecified atom stereocenters. The lowest BCUT2D eigenvalue weighted by molar-refractivity contribution is -0.124. The predicted octanol–water partition coefficient (Wildman–Crippen LogP) is 2.85. The van der Waals surface area contributed by atoms with Crippen LogP contribution in [-0.4, -0.2) is 59.3 Å². The van der Waals surface area contributed by atoms with Gasteiger partial charge < -0.3 is 15.3 Å². The molecule has 1 aromatic carbocycles. The molecule has 3 fully saturated rings. The fourth-order valence-electron chi connectivity index (χ4n) is 5.56. The molecule has 0 spiro atoms. The van der Waals surface area contributed by atoms with Gasteiger partial charge in [-0.3, -0.25) is 9.69 Å². The molecule has 5 nitrogen and oxygen atoms in total. The molecule has 1 amide bonds. The van der Waals surface area contributed by atoms with Crippen LogP contribution in [0.1, 0.15) is 57.4 Å². The van der Waals surface area contributed by atoms with E-state index in [9.17, 15) is 9.90 Å². The van der Waals surface area contributed by atoms with Crippen molar-refractivity contribution >= 4 is 11.6 Å². The number of carbonyl (C=O) groups is 1. The van der Waals surface area contributed by atoms with Crippen molar-refractivity contribution in [1.29, 1.82) is 0 Å². The maximum absolute atomic E-state index is 12.2. The van der Waals surface area contributed by atoms with Gasteiger partial charge in [0.1, 0.15) is 0 Å². The Labute approximate surface area is 169 Å². The van der Waals surface area contributed by atoms with Gasteiger partial charge in [-0.2, -0.15) is 0 Å². The Morgan fingerprint density at radius 1 is 1.14 bits per heavy atom. The standard InChI is InChI=1S/C23H35N3O2/c1-18-7-3-4-8-19(18)25-15-12-23(28,13-16-25)17-26-14-11-22(2)20(26)9-5-6-10-21(27)24-22/h3-4,7-8,20,28H,5-6,9-17H2,1-2H3,(H,24,27)/t20-,22-/m0/s1. The molecule has 0 aromatic heterocycles. The van der Waals surface area contributed by atoms with E-state index in [-0.39, 0.29) is 11.4 Å². The molecule has 0 bridgehead atoms. The third kappa shape index (κ3) is 3.92. The second-order valence-corrected chi connectivity index (χ2v) is 9.45. The molecule has 3 saturated heterocycles. The zero-order valence-corrected chi connectivity index (χ0v) is 17.4. The molecule has 1 aromatic rings. The molecule has 5 heteroatoms. The Bertz CT molecular complexity index is 714. The van der Waals surface area contributed by atoms with Crippen LogP contribution in [0.2, 0.25) is 0 Å². The van der Waals surface area contributed by atoms with E-state index in [0.29, 0.717) is 12.5 Å². The van der Waals surface area contributed by atoms with Gasteiger partial charge >= 0.3 is 0 Å². The lowest BCUT2D eigenvalue weighted by Crippen LogP contribution is -2.58. The maximum atomic E-state index is 12.2. The predicted molar refractivity (Wildman–Crippen MR) is 113 cm³/mol. The van der Waals surface area contributed by atoms with Crippen molar-refractivity contribution in [3.8, 4) is 0 Å². The molecule has 0 aliphatic carbocycles. The van der Waals surface area contributed by atoms with Crippen LogP contribution in [0.15, 0.2) is 24.3 Å². The number of nitrogens with one attached hydrogen (secondary N) is 1. The van der Waals surface area contributed by atoms with E-state index in [2.05, 4.69) is 53.2 Å². The third-order valence-electron chi connectivity index (χ3n) is 7.30. The van der Waals surface area contributed by atoms with Crippen LogP contribution in [-0.2, 0) is 4.79 Å². The summed E-state index contributed by atoms with van der Waals surface area (Å²) < 4.78 is 0. The van der Waals surface area contributed by atoms with Crippen molar-refractivity contribution in [2.24, 2.45) is 0 Å². The molecule has 0 saturated carbocycles. The second-order valence-electron chi connectivity index (χ2n) is 9.45. The monoisotopic (exact) mass is 385 g/mol. The van der Waals surface area contributed by atoms with Crippen molar-refractivity contribution < 1.29 is 9.90 Å². The summed E-state index contributed by atoms with van der Waals surface area (Å²) in [5.41, 5.74) is 1.82. The van der Waals surface area contributed by atoms with Crippen molar-refractivity contribution in [1.82, 2.24) is 10.2 Å². The number of likely N-dealkylation sites (tertiary alicyclic amines) is 1. The number of benzene rings is 1. The van der Waals surface area contributed by atoms with E-state index in [1.807, 2.05) is 0 Å². The number of amides is 1. The number of hydrogen-bond acceptors (Lipinski definition) is 4. The zero-order valence-electron chi connectivity index (χ0n) is 17.4. The second kappa shape index (κ2) is 7.68. The van der Waals surface area contributed by atoms with Crippen LogP contribution in [0, 0.1) is 6.92 Å². The average Bonchev–Trinajstić information content (AvgIpc) is 2.93. The van der Waals surface area contributed by atoms with Gasteiger partial charge in [0.2, 0.25) is 5.91 Å². The van der Waals surface area contributed by atoms with E-state index < -0.39 is 5.60 Å². The van der Waals surface area contributed by atoms with Crippen molar-refractivity contribution in [3.63, 3.8) is 0 Å². The van der Waals surface area contributed by atoms with Crippen molar-refractivity contribution in [3.05, 3.63) is 29.8 Å². The SMILES string of the molecule is Cc1ccccc1N1CCC(O)(CN2CC[C@]3(C)NC(=O)CCCC[C@H]23)CC1. The summed E-state index contributed by atoms with van der Waals surface area (Å²) in [5, 5.41) is 14.7. The highest BCUT2D eigenvalue weighted by molar-refractivity contribution is 5.77. The summed E-state index contributed by atoms with van der Waals surface area (Å²) in [6.07, 6.45) is 6.42. The molecule has 0 radical (unpaired) electrons. The number of anilines is 1. The third-order valence-corrected chi connectivity index (χ3v) is 7.30. The van der Waals surface area contributed by atoms with E-state index in [0.717, 1.165) is 64.7 Å². The Balaban J connectivity index is 1.40. The van der Waals surface area contributed by atoms with Gasteiger partial charge in [-0.1, -0.05) is 24.6 Å². The number of para-hydroxylation sites is 1. The minimum atomic E-state index is -0.628. The first-order valence-electron chi connectivity index (χ1n) is 11.0. The molecular weight excluding hydrogens is 350 g/mol. The molecule has 3 aliphatic heterocycles. The molecule has 4 rings (SSSR count). The molecule has 2 atom stereocenters. The Morgan fingerprint density at radius 3 is 2.64 bits per heavy atom. The minimum Gasteiger partial charge on any atom is -0.388 e. The van der Waals surface area contributed by atoms with Gasteiger partial charge in [0.05, 0.1) is 11.1 Å². The number of aliphatic hydroxyl groups is 1. The molecular formula is C23H35N3O2. The van der Waals surface area contributed by atoms with Crippen LogP contribution in [0.3, 0.4) is 0 Å². The van der Waals surface area contributed by atoms with E-state index in [1.54, 1.807) is 0 Å². The number of nitrogens with zero attached hydrogens (tertiary/aromatic N) is 2. The zero-order chi connectivity index (χ0) is 19.8. The Kier molecular flexibility index (Phi) is 5.41. The number of rotatable bonds is 3. The summed E-state index contributed by atoms with van der Waals surface area (Å²) in [4.78, 5) is 17.0. The topological polar surface area (TPSA) is 55.8 Å². The fourth-order valence-corrected chi connectivity index (χ4v) is 5.56. The summed E-state index contributed by atoms with van der Waals surface area (Å²) >= 11 is 0. The van der Waals surface area contributed by atoms with Gasteiger partial charge in [-0.05, 0) is 57.6 Å². The number of piperidine rings is 1. The maximum Gasteiger partial charge on any atom is 0.220 e. The largest absolute Gasteiger partial charge is 0.388 e. The molecule has 2 N–H and O–H groups in total. The van der Waals surface area contributed by atoms with Crippen molar-refractivity contribution in [2.75, 3.05) is 31.1 Å². The van der Waals surface area contributed by atoms with Crippen LogP contribution >= 0.6 is 0 Å². The minimum absolute atomic E-state index is 0.143. The van der Waals surface area contributed by atoms with Crippen LogP contribution in [0.5, 0.6) is 0 Å². The normalized spacial score (nSPS) is 31.0. The molecule has 3 aliphatic rings. The quantitative estimate of drug-likeness (QED) is 0.840. The van der Waals surface area contributed by atoms with Gasteiger partial charge in [0, 0.05) is 44.3 Å². The number of carbonyl (C=O) groups excluding carboxylic acids is 1. The van der Waals surface area contributed by atoms with E-state index in [4.69, 9.17) is 0 Å². The molecule has 154 valence electrons. The van der Waals surface area contributed by atoms with E-state index in [1.165, 1.54) is 11.3 Å². The lowest BCUT2D eigenvalue weighted by Gasteiger charge is -2.44. The highest BCUT2D eigenvalue weighted by Crippen LogP contribution is 2.36. The highest BCUT2D eigenvalue weighted by Gasteiger charge is 2.47. The van der Waals surface area contributed by atoms with Crippen LogP contribution < -0.4 is 10.2 Å². The Morgan fingerprint density at radius 2 is 1.89 bits per heavy atom. The summed E-state index contributed by atoms with van der Waals surface area (Å²) in [6.45, 7) is 7.84. The number of aryl methyl sites for hydroxylation is 1. The van der Waals surface area contributed by atoms with Gasteiger partial charge in [0.15, 0.2) is 0 Å². The smallest absolute Gasteiger partial charge is 0.220 e. The highest BCUT2D eigenvalue weighted by atomic mass is 16.3. The van der Waals surface area contributed by atoms with Gasteiger partial charge in [-0.15, -0.1) is 0 Å². The molecule has 3 heterocycles. The average molecular weight is 386 g/mol. The molecule has 28 heavy (non-hydrogen) atoms. The van der Waals surface area contributed by atoms with Crippen molar-refractivity contribution in [2.45, 2.75) is 76.0 Å². The first-order chi connectivity index (χ1) is 13.4. The summed E-state index contributed by atoms with van der Waals surface area (Å²) in [5.74, 6) is 0.194. The summed E-state index contributed by atoms with van der Waals surface area (Å²) in [6, 6.07) is 8.86. The van der Waals surface area contributed by atoms with Crippen LogP contribution in [0.25, 0.3) is 0 Å². The first kappa shape index (κ1) is 19.7. The fraction of sp³-hybridized carbons (Fsp3) is 0.696.